The number of aromatic hydroxyl groups is 1. The Balaban J connectivity index is 1.28. The molecule has 5 rings (SSSR count). The van der Waals surface area contributed by atoms with E-state index in [9.17, 15) is 13.5 Å². The summed E-state index contributed by atoms with van der Waals surface area (Å²) in [5.74, 6) is 0.898. The third-order valence-electron chi connectivity index (χ3n) is 9.38. The molecule has 0 spiro atoms. The fourth-order valence-corrected chi connectivity index (χ4v) is 9.56. The number of hydrogen-bond donors (Lipinski definition) is 1. The van der Waals surface area contributed by atoms with Gasteiger partial charge < -0.3 is 14.9 Å². The number of sulfonamides is 1. The van der Waals surface area contributed by atoms with E-state index in [-0.39, 0.29) is 10.7 Å². The zero-order valence-corrected chi connectivity index (χ0v) is 21.4. The molecule has 2 aliphatic heterocycles. The van der Waals surface area contributed by atoms with Crippen LogP contribution < -0.4 is 0 Å². The van der Waals surface area contributed by atoms with Crippen LogP contribution in [0.1, 0.15) is 63.0 Å². The number of phenolic OH excluding ortho intramolecular Hbond substituents is 1. The first-order valence-electron chi connectivity index (χ1n) is 12.9. The molecule has 4 aliphatic rings. The van der Waals surface area contributed by atoms with Crippen LogP contribution in [0.4, 0.5) is 0 Å². The third-order valence-corrected chi connectivity index (χ3v) is 11.8. The molecule has 3 atom stereocenters. The van der Waals surface area contributed by atoms with Crippen molar-refractivity contribution >= 4 is 10.0 Å². The van der Waals surface area contributed by atoms with E-state index >= 15 is 0 Å². The Hall–Kier alpha value is -1.15. The third kappa shape index (κ3) is 4.13. The lowest BCUT2D eigenvalue weighted by Gasteiger charge is -2.58. The van der Waals surface area contributed by atoms with Crippen LogP contribution in [-0.2, 0) is 21.9 Å². The van der Waals surface area contributed by atoms with E-state index in [1.807, 2.05) is 12.1 Å². The van der Waals surface area contributed by atoms with Crippen molar-refractivity contribution in [1.82, 2.24) is 14.1 Å². The van der Waals surface area contributed by atoms with Gasteiger partial charge in [0.2, 0.25) is 10.0 Å². The average Bonchev–Trinajstić information content (AvgIpc) is 3.33. The Morgan fingerprint density at radius 2 is 1.82 bits per heavy atom. The number of likely N-dealkylation sites (N-methyl/N-ethyl adjacent to an activating group) is 2. The quantitative estimate of drug-likeness (QED) is 0.709. The van der Waals surface area contributed by atoms with Gasteiger partial charge in [0.1, 0.15) is 5.75 Å². The predicted molar refractivity (Wildman–Crippen MR) is 132 cm³/mol. The molecule has 0 aromatic heterocycles. The average molecular weight is 476 g/mol. The summed E-state index contributed by atoms with van der Waals surface area (Å²) in [5, 5.41) is 10.1. The van der Waals surface area contributed by atoms with Crippen molar-refractivity contribution in [1.29, 1.82) is 0 Å². The molecule has 2 heterocycles. The Bertz CT molecular complexity index is 969. The van der Waals surface area contributed by atoms with Gasteiger partial charge in [-0.1, -0.05) is 25.8 Å². The zero-order chi connectivity index (χ0) is 23.4. The first-order valence-corrected chi connectivity index (χ1v) is 14.4. The summed E-state index contributed by atoms with van der Waals surface area (Å²) < 4.78 is 27.8. The summed E-state index contributed by atoms with van der Waals surface area (Å²) in [6.45, 7) is 5.84. The minimum Gasteiger partial charge on any atom is -0.508 e. The molecule has 2 aliphatic carbocycles. The first kappa shape index (κ1) is 23.6. The summed E-state index contributed by atoms with van der Waals surface area (Å²) in [5.41, 5.74) is 2.72. The second-order valence-corrected chi connectivity index (χ2v) is 13.7. The van der Waals surface area contributed by atoms with E-state index in [4.69, 9.17) is 0 Å². The SMILES string of the molecule is CN1CC[C@@]2(C)c3cc(O)ccc3C[C@@H]1[C@@H]2N(C)CC1CCN(S(=O)(=O)C2CCCC2)CC1. The van der Waals surface area contributed by atoms with Crippen molar-refractivity contribution in [3.8, 4) is 5.75 Å². The summed E-state index contributed by atoms with van der Waals surface area (Å²) >= 11 is 0. The van der Waals surface area contributed by atoms with Gasteiger partial charge in [-0.15, -0.1) is 0 Å². The molecule has 0 radical (unpaired) electrons. The van der Waals surface area contributed by atoms with Crippen LogP contribution in [-0.4, -0.2) is 85.2 Å². The number of phenols is 1. The number of hydrogen-bond acceptors (Lipinski definition) is 5. The van der Waals surface area contributed by atoms with Crippen LogP contribution in [0, 0.1) is 5.92 Å². The molecule has 1 aromatic rings. The Labute approximate surface area is 200 Å². The van der Waals surface area contributed by atoms with Gasteiger partial charge in [0.05, 0.1) is 5.25 Å². The van der Waals surface area contributed by atoms with Crippen molar-refractivity contribution in [3.05, 3.63) is 29.3 Å². The molecule has 184 valence electrons. The van der Waals surface area contributed by atoms with E-state index in [1.165, 1.54) is 11.1 Å². The van der Waals surface area contributed by atoms with Gasteiger partial charge in [-0.25, -0.2) is 12.7 Å². The number of nitrogens with zero attached hydrogens (tertiary/aromatic N) is 3. The lowest BCUT2D eigenvalue weighted by Crippen LogP contribution is -2.66. The maximum atomic E-state index is 13.0. The second-order valence-electron chi connectivity index (χ2n) is 11.4. The fraction of sp³-hybridized carbons (Fsp3) is 0.769. The monoisotopic (exact) mass is 475 g/mol. The zero-order valence-electron chi connectivity index (χ0n) is 20.5. The number of piperidine rings is 2. The van der Waals surface area contributed by atoms with Crippen LogP contribution >= 0.6 is 0 Å². The minimum absolute atomic E-state index is 0.0186. The summed E-state index contributed by atoms with van der Waals surface area (Å²) in [6, 6.07) is 6.81. The minimum atomic E-state index is -3.11. The molecule has 1 N–H and O–H groups in total. The van der Waals surface area contributed by atoms with E-state index in [1.54, 1.807) is 4.31 Å². The Morgan fingerprint density at radius 3 is 2.52 bits per heavy atom. The molecule has 2 bridgehead atoms. The van der Waals surface area contributed by atoms with Gasteiger partial charge in [0, 0.05) is 37.1 Å². The van der Waals surface area contributed by atoms with Crippen molar-refractivity contribution in [2.45, 2.75) is 81.0 Å². The van der Waals surface area contributed by atoms with Gasteiger partial charge in [-0.3, -0.25) is 0 Å². The molecular weight excluding hydrogens is 434 g/mol. The first-order chi connectivity index (χ1) is 15.7. The topological polar surface area (TPSA) is 64.1 Å². The number of rotatable bonds is 5. The highest BCUT2D eigenvalue weighted by atomic mass is 32.2. The maximum Gasteiger partial charge on any atom is 0.216 e. The molecule has 3 fully saturated rings. The molecule has 6 nitrogen and oxygen atoms in total. The maximum absolute atomic E-state index is 13.0. The van der Waals surface area contributed by atoms with Gasteiger partial charge in [0.15, 0.2) is 0 Å². The molecule has 7 heteroatoms. The largest absolute Gasteiger partial charge is 0.508 e. The van der Waals surface area contributed by atoms with Gasteiger partial charge in [-0.2, -0.15) is 0 Å². The van der Waals surface area contributed by atoms with Crippen molar-refractivity contribution < 1.29 is 13.5 Å². The standard InChI is InChI=1S/C26H41N3O3S/c1-26-12-15-27(2)24(16-20-8-9-21(30)17-23(20)26)25(26)28(3)18-19-10-13-29(14-11-19)33(31,32)22-6-4-5-7-22/h8-9,17,19,22,24-25,30H,4-7,10-16,18H2,1-3H3/t24-,25+,26+/m1/s1. The number of likely N-dealkylation sites (tertiary alicyclic amines) is 1. The second kappa shape index (κ2) is 8.81. The highest BCUT2D eigenvalue weighted by Gasteiger charge is 2.51. The number of fused-ring (bicyclic) bond motifs is 4. The van der Waals surface area contributed by atoms with Crippen LogP contribution in [0.15, 0.2) is 18.2 Å². The van der Waals surface area contributed by atoms with Crippen LogP contribution in [0.5, 0.6) is 5.75 Å². The van der Waals surface area contributed by atoms with Crippen molar-refractivity contribution in [2.24, 2.45) is 5.92 Å². The smallest absolute Gasteiger partial charge is 0.216 e. The summed E-state index contributed by atoms with van der Waals surface area (Å²) in [6.07, 6.45) is 7.82. The van der Waals surface area contributed by atoms with Crippen LogP contribution in [0.2, 0.25) is 0 Å². The van der Waals surface area contributed by atoms with Crippen molar-refractivity contribution in [3.63, 3.8) is 0 Å². The van der Waals surface area contributed by atoms with Gasteiger partial charge >= 0.3 is 0 Å². The summed E-state index contributed by atoms with van der Waals surface area (Å²) in [7, 11) is 1.41. The molecular formula is C26H41N3O3S. The predicted octanol–water partition coefficient (Wildman–Crippen LogP) is 3.19. The van der Waals surface area contributed by atoms with Crippen LogP contribution in [0.25, 0.3) is 0 Å². The Kier molecular flexibility index (Phi) is 6.30. The highest BCUT2D eigenvalue weighted by molar-refractivity contribution is 7.89. The van der Waals surface area contributed by atoms with E-state index in [0.29, 0.717) is 36.8 Å². The molecule has 2 saturated heterocycles. The lowest BCUT2D eigenvalue weighted by atomic mass is 9.61. The Morgan fingerprint density at radius 1 is 1.12 bits per heavy atom. The van der Waals surface area contributed by atoms with Gasteiger partial charge in [-0.05, 0) is 88.3 Å². The molecule has 33 heavy (non-hydrogen) atoms. The molecule has 1 saturated carbocycles. The van der Waals surface area contributed by atoms with E-state index in [2.05, 4.69) is 36.9 Å². The fourth-order valence-electron chi connectivity index (χ4n) is 7.49. The summed E-state index contributed by atoms with van der Waals surface area (Å²) in [4.78, 5) is 5.09. The van der Waals surface area contributed by atoms with Crippen LogP contribution in [0.3, 0.4) is 0 Å². The normalized spacial score (nSPS) is 32.4. The van der Waals surface area contributed by atoms with Gasteiger partial charge in [0.25, 0.3) is 0 Å². The number of benzene rings is 1. The lowest BCUT2D eigenvalue weighted by molar-refractivity contribution is -0.00616. The molecule has 1 aromatic carbocycles. The molecule has 0 amide bonds. The van der Waals surface area contributed by atoms with E-state index < -0.39 is 10.0 Å². The molecule has 0 unspecified atom stereocenters. The van der Waals surface area contributed by atoms with Crippen molar-refractivity contribution in [2.75, 3.05) is 40.3 Å². The highest BCUT2D eigenvalue weighted by Crippen LogP contribution is 2.47. The van der Waals surface area contributed by atoms with E-state index in [0.717, 1.165) is 64.5 Å².